The SMILES string of the molecule is CCCN(CCCC(C)(NCC)C(=O)O)C(C)C. The topological polar surface area (TPSA) is 52.6 Å². The molecule has 18 heavy (non-hydrogen) atoms. The Morgan fingerprint density at radius 2 is 1.94 bits per heavy atom. The average Bonchev–Trinajstić information content (AvgIpc) is 2.27. The molecular weight excluding hydrogens is 228 g/mol. The first-order chi connectivity index (χ1) is 8.37. The summed E-state index contributed by atoms with van der Waals surface area (Å²) in [6, 6.07) is 0.528. The summed E-state index contributed by atoms with van der Waals surface area (Å²) in [5, 5.41) is 12.3. The molecule has 0 spiro atoms. The summed E-state index contributed by atoms with van der Waals surface area (Å²) in [6.45, 7) is 13.0. The molecule has 108 valence electrons. The van der Waals surface area contributed by atoms with Gasteiger partial charge in [0.1, 0.15) is 5.54 Å². The minimum atomic E-state index is -0.788. The fourth-order valence-corrected chi connectivity index (χ4v) is 2.21. The third kappa shape index (κ3) is 5.83. The predicted octanol–water partition coefficient (Wildman–Crippen LogP) is 2.34. The Bertz CT molecular complexity index is 244. The zero-order valence-electron chi connectivity index (χ0n) is 12.6. The van der Waals surface area contributed by atoms with E-state index in [1.807, 2.05) is 6.92 Å². The van der Waals surface area contributed by atoms with Gasteiger partial charge in [0, 0.05) is 6.04 Å². The van der Waals surface area contributed by atoms with Crippen molar-refractivity contribution in [3.05, 3.63) is 0 Å². The van der Waals surface area contributed by atoms with E-state index in [1.54, 1.807) is 6.92 Å². The van der Waals surface area contributed by atoms with Crippen molar-refractivity contribution in [2.24, 2.45) is 0 Å². The largest absolute Gasteiger partial charge is 0.480 e. The van der Waals surface area contributed by atoms with Crippen molar-refractivity contribution in [1.29, 1.82) is 0 Å². The third-order valence-electron chi connectivity index (χ3n) is 3.40. The molecule has 1 unspecified atom stereocenters. The smallest absolute Gasteiger partial charge is 0.323 e. The maximum absolute atomic E-state index is 11.3. The van der Waals surface area contributed by atoms with E-state index in [-0.39, 0.29) is 0 Å². The van der Waals surface area contributed by atoms with Crippen LogP contribution in [0.3, 0.4) is 0 Å². The van der Waals surface area contributed by atoms with Gasteiger partial charge in [0.15, 0.2) is 0 Å². The van der Waals surface area contributed by atoms with E-state index in [9.17, 15) is 9.90 Å². The summed E-state index contributed by atoms with van der Waals surface area (Å²) < 4.78 is 0. The molecule has 0 saturated carbocycles. The Hall–Kier alpha value is -0.610. The van der Waals surface area contributed by atoms with Crippen molar-refractivity contribution in [2.45, 2.75) is 65.5 Å². The van der Waals surface area contributed by atoms with Gasteiger partial charge in [0.2, 0.25) is 0 Å². The number of carboxylic acid groups (broad SMARTS) is 1. The summed E-state index contributed by atoms with van der Waals surface area (Å²) in [7, 11) is 0. The Morgan fingerprint density at radius 3 is 2.33 bits per heavy atom. The predicted molar refractivity (Wildman–Crippen MR) is 76.0 cm³/mol. The van der Waals surface area contributed by atoms with Gasteiger partial charge in [-0.2, -0.15) is 0 Å². The van der Waals surface area contributed by atoms with Crippen LogP contribution in [0, 0.1) is 0 Å². The van der Waals surface area contributed by atoms with E-state index in [4.69, 9.17) is 0 Å². The number of rotatable bonds is 10. The zero-order valence-corrected chi connectivity index (χ0v) is 12.6. The zero-order chi connectivity index (χ0) is 14.2. The average molecular weight is 258 g/mol. The van der Waals surface area contributed by atoms with Crippen LogP contribution >= 0.6 is 0 Å². The molecule has 0 aromatic rings. The molecular formula is C14H30N2O2. The minimum Gasteiger partial charge on any atom is -0.480 e. The quantitative estimate of drug-likeness (QED) is 0.631. The van der Waals surface area contributed by atoms with Crippen LogP contribution in [0.25, 0.3) is 0 Å². The Labute approximate surface area is 112 Å². The molecule has 4 nitrogen and oxygen atoms in total. The molecule has 0 aliphatic rings. The first-order valence-electron chi connectivity index (χ1n) is 7.09. The van der Waals surface area contributed by atoms with Crippen LogP contribution in [0.2, 0.25) is 0 Å². The van der Waals surface area contributed by atoms with E-state index in [1.165, 1.54) is 0 Å². The normalized spacial score (nSPS) is 15.1. The lowest BCUT2D eigenvalue weighted by atomic mass is 9.95. The van der Waals surface area contributed by atoms with Gasteiger partial charge in [-0.3, -0.25) is 4.79 Å². The molecule has 0 saturated heterocycles. The van der Waals surface area contributed by atoms with Crippen molar-refractivity contribution in [1.82, 2.24) is 10.2 Å². The van der Waals surface area contributed by atoms with Gasteiger partial charge in [0.05, 0.1) is 0 Å². The van der Waals surface area contributed by atoms with Gasteiger partial charge in [-0.25, -0.2) is 0 Å². The molecule has 0 radical (unpaired) electrons. The van der Waals surface area contributed by atoms with Gasteiger partial charge in [0.25, 0.3) is 0 Å². The summed E-state index contributed by atoms with van der Waals surface area (Å²) in [5.41, 5.74) is -0.788. The first kappa shape index (κ1) is 17.4. The minimum absolute atomic E-state index is 0.528. The molecule has 0 fully saturated rings. The van der Waals surface area contributed by atoms with Crippen LogP contribution in [-0.2, 0) is 4.79 Å². The molecule has 0 aromatic carbocycles. The van der Waals surface area contributed by atoms with Gasteiger partial charge in [-0.05, 0) is 59.7 Å². The second-order valence-corrected chi connectivity index (χ2v) is 5.40. The van der Waals surface area contributed by atoms with Crippen LogP contribution in [0.5, 0.6) is 0 Å². The number of hydrogen-bond acceptors (Lipinski definition) is 3. The fourth-order valence-electron chi connectivity index (χ4n) is 2.21. The summed E-state index contributed by atoms with van der Waals surface area (Å²) in [5.74, 6) is -0.754. The maximum Gasteiger partial charge on any atom is 0.323 e. The van der Waals surface area contributed by atoms with Crippen LogP contribution in [0.1, 0.15) is 53.9 Å². The van der Waals surface area contributed by atoms with Crippen LogP contribution in [-0.4, -0.2) is 47.2 Å². The number of hydrogen-bond donors (Lipinski definition) is 2. The molecule has 4 heteroatoms. The van der Waals surface area contributed by atoms with Gasteiger partial charge in [-0.1, -0.05) is 13.8 Å². The van der Waals surface area contributed by atoms with Crippen molar-refractivity contribution in [2.75, 3.05) is 19.6 Å². The Balaban J connectivity index is 4.23. The van der Waals surface area contributed by atoms with E-state index < -0.39 is 11.5 Å². The van der Waals surface area contributed by atoms with Crippen molar-refractivity contribution < 1.29 is 9.90 Å². The van der Waals surface area contributed by atoms with Crippen LogP contribution in [0.4, 0.5) is 0 Å². The van der Waals surface area contributed by atoms with Crippen molar-refractivity contribution >= 4 is 5.97 Å². The van der Waals surface area contributed by atoms with Crippen molar-refractivity contribution in [3.63, 3.8) is 0 Å². The highest BCUT2D eigenvalue weighted by Gasteiger charge is 2.31. The number of likely N-dealkylation sites (N-methyl/N-ethyl adjacent to an activating group) is 1. The lowest BCUT2D eigenvalue weighted by Crippen LogP contribution is -2.49. The van der Waals surface area contributed by atoms with E-state index in [0.29, 0.717) is 19.0 Å². The number of nitrogens with zero attached hydrogens (tertiary/aromatic N) is 1. The molecule has 2 N–H and O–H groups in total. The summed E-state index contributed by atoms with van der Waals surface area (Å²) in [6.07, 6.45) is 2.72. The highest BCUT2D eigenvalue weighted by Crippen LogP contribution is 2.14. The third-order valence-corrected chi connectivity index (χ3v) is 3.40. The Kier molecular flexibility index (Phi) is 8.20. The number of carboxylic acids is 1. The van der Waals surface area contributed by atoms with Gasteiger partial charge in [-0.15, -0.1) is 0 Å². The highest BCUT2D eigenvalue weighted by atomic mass is 16.4. The monoisotopic (exact) mass is 258 g/mol. The lowest BCUT2D eigenvalue weighted by Gasteiger charge is -2.29. The first-order valence-corrected chi connectivity index (χ1v) is 7.09. The molecule has 0 amide bonds. The highest BCUT2D eigenvalue weighted by molar-refractivity contribution is 5.78. The van der Waals surface area contributed by atoms with E-state index >= 15 is 0 Å². The molecule has 0 heterocycles. The summed E-state index contributed by atoms with van der Waals surface area (Å²) >= 11 is 0. The molecule has 0 bridgehead atoms. The maximum atomic E-state index is 11.3. The Morgan fingerprint density at radius 1 is 1.33 bits per heavy atom. The molecule has 0 aliphatic carbocycles. The van der Waals surface area contributed by atoms with E-state index in [0.717, 1.165) is 25.9 Å². The number of carbonyl (C=O) groups is 1. The van der Waals surface area contributed by atoms with Crippen LogP contribution in [0.15, 0.2) is 0 Å². The number of aliphatic carboxylic acids is 1. The van der Waals surface area contributed by atoms with Gasteiger partial charge >= 0.3 is 5.97 Å². The van der Waals surface area contributed by atoms with Crippen LogP contribution < -0.4 is 5.32 Å². The molecule has 0 aliphatic heterocycles. The molecule has 1 atom stereocenters. The number of nitrogens with one attached hydrogen (secondary N) is 1. The summed E-state index contributed by atoms with van der Waals surface area (Å²) in [4.78, 5) is 13.7. The van der Waals surface area contributed by atoms with Gasteiger partial charge < -0.3 is 15.3 Å². The second-order valence-electron chi connectivity index (χ2n) is 5.40. The molecule has 0 rings (SSSR count). The lowest BCUT2D eigenvalue weighted by molar-refractivity contribution is -0.144. The molecule has 0 aromatic heterocycles. The van der Waals surface area contributed by atoms with Crippen molar-refractivity contribution in [3.8, 4) is 0 Å². The second kappa shape index (κ2) is 8.48. The van der Waals surface area contributed by atoms with E-state index in [2.05, 4.69) is 31.0 Å². The standard InChI is InChI=1S/C14H30N2O2/c1-6-10-16(12(3)4)11-8-9-14(5,13(17)18)15-7-2/h12,15H,6-11H2,1-5H3,(H,17,18). The fraction of sp³-hybridized carbons (Fsp3) is 0.929.